The highest BCUT2D eigenvalue weighted by molar-refractivity contribution is 5.93. The van der Waals surface area contributed by atoms with Gasteiger partial charge in [-0.2, -0.15) is 5.10 Å². The third-order valence-electron chi connectivity index (χ3n) is 4.45. The van der Waals surface area contributed by atoms with Crippen LogP contribution in [0.3, 0.4) is 0 Å². The van der Waals surface area contributed by atoms with Crippen LogP contribution in [0.15, 0.2) is 48.9 Å². The molecule has 8 nitrogen and oxygen atoms in total. The molecule has 3 heterocycles. The van der Waals surface area contributed by atoms with Gasteiger partial charge in [0.15, 0.2) is 0 Å². The van der Waals surface area contributed by atoms with E-state index in [1.807, 2.05) is 26.0 Å². The van der Waals surface area contributed by atoms with Crippen LogP contribution >= 0.6 is 0 Å². The molecular weight excluding hydrogens is 373 g/mol. The van der Waals surface area contributed by atoms with E-state index in [1.165, 1.54) is 18.5 Å². The van der Waals surface area contributed by atoms with Crippen molar-refractivity contribution >= 4 is 34.3 Å². The summed E-state index contributed by atoms with van der Waals surface area (Å²) in [6, 6.07) is 9.69. The lowest BCUT2D eigenvalue weighted by Crippen LogP contribution is -2.20. The average molecular weight is 393 g/mol. The van der Waals surface area contributed by atoms with Gasteiger partial charge in [0.05, 0.1) is 11.1 Å². The number of rotatable bonds is 6. The van der Waals surface area contributed by atoms with Crippen LogP contribution in [-0.2, 0) is 17.9 Å². The summed E-state index contributed by atoms with van der Waals surface area (Å²) in [5, 5.41) is 11.1. The van der Waals surface area contributed by atoms with E-state index in [1.54, 1.807) is 27.6 Å². The number of anilines is 3. The van der Waals surface area contributed by atoms with Gasteiger partial charge in [-0.3, -0.25) is 4.79 Å². The molecule has 0 saturated carbocycles. The Morgan fingerprint density at radius 1 is 1.17 bits per heavy atom. The van der Waals surface area contributed by atoms with E-state index in [4.69, 9.17) is 0 Å². The van der Waals surface area contributed by atoms with E-state index < -0.39 is 0 Å². The number of fused-ring (bicyclic) bond motifs is 1. The van der Waals surface area contributed by atoms with Gasteiger partial charge in [-0.15, -0.1) is 0 Å². The maximum Gasteiger partial charge on any atom is 0.245 e. The molecule has 0 atom stereocenters. The van der Waals surface area contributed by atoms with Gasteiger partial charge in [-0.25, -0.2) is 19.0 Å². The zero-order chi connectivity index (χ0) is 20.4. The molecule has 4 aromatic rings. The quantitative estimate of drug-likeness (QED) is 0.524. The first-order chi connectivity index (χ1) is 14.0. The third-order valence-corrected chi connectivity index (χ3v) is 4.45. The second kappa shape index (κ2) is 7.70. The standard InChI is InChI=1S/C20H20FN7O/c1-3-28-17(10-13(2)26-28)25-18(29)11-27-9-8-16-19(22-12-23-20(16)27)24-15-6-4-14(21)5-7-15/h4-10,12H,3,11H2,1-2H3,(H,25,29)(H,22,23,24). The van der Waals surface area contributed by atoms with Crippen molar-refractivity contribution in [1.29, 1.82) is 0 Å². The van der Waals surface area contributed by atoms with Gasteiger partial charge in [-0.05, 0) is 44.2 Å². The molecule has 0 radical (unpaired) electrons. The molecule has 0 spiro atoms. The van der Waals surface area contributed by atoms with Crippen molar-refractivity contribution in [2.75, 3.05) is 10.6 Å². The first kappa shape index (κ1) is 18.6. The van der Waals surface area contributed by atoms with Crippen molar-refractivity contribution in [3.8, 4) is 0 Å². The fourth-order valence-corrected chi connectivity index (χ4v) is 3.13. The number of hydrogen-bond acceptors (Lipinski definition) is 5. The van der Waals surface area contributed by atoms with E-state index >= 15 is 0 Å². The summed E-state index contributed by atoms with van der Waals surface area (Å²) < 4.78 is 16.6. The summed E-state index contributed by atoms with van der Waals surface area (Å²) in [5.41, 5.74) is 2.18. The number of carbonyl (C=O) groups is 1. The molecule has 0 unspecified atom stereocenters. The Morgan fingerprint density at radius 2 is 1.97 bits per heavy atom. The number of aromatic nitrogens is 5. The number of benzene rings is 1. The molecule has 0 fully saturated rings. The lowest BCUT2D eigenvalue weighted by Gasteiger charge is -2.09. The van der Waals surface area contributed by atoms with Crippen LogP contribution in [0.25, 0.3) is 11.0 Å². The smallest absolute Gasteiger partial charge is 0.245 e. The van der Waals surface area contributed by atoms with Crippen LogP contribution < -0.4 is 10.6 Å². The molecule has 0 aliphatic rings. The zero-order valence-electron chi connectivity index (χ0n) is 16.1. The van der Waals surface area contributed by atoms with Crippen molar-refractivity contribution in [2.24, 2.45) is 0 Å². The van der Waals surface area contributed by atoms with Gasteiger partial charge in [0, 0.05) is 24.5 Å². The summed E-state index contributed by atoms with van der Waals surface area (Å²) in [5.74, 6) is 0.768. The van der Waals surface area contributed by atoms with Gasteiger partial charge in [-0.1, -0.05) is 0 Å². The number of hydrogen-bond donors (Lipinski definition) is 2. The largest absolute Gasteiger partial charge is 0.340 e. The van der Waals surface area contributed by atoms with Gasteiger partial charge >= 0.3 is 0 Å². The molecular formula is C20H20FN7O. The van der Waals surface area contributed by atoms with Crippen LogP contribution in [0.1, 0.15) is 12.6 Å². The topological polar surface area (TPSA) is 89.7 Å². The lowest BCUT2D eigenvalue weighted by molar-refractivity contribution is -0.116. The second-order valence-electron chi connectivity index (χ2n) is 6.57. The molecule has 29 heavy (non-hydrogen) atoms. The Morgan fingerprint density at radius 3 is 2.72 bits per heavy atom. The summed E-state index contributed by atoms with van der Waals surface area (Å²) in [6.45, 7) is 4.62. The fourth-order valence-electron chi connectivity index (χ4n) is 3.13. The predicted molar refractivity (Wildman–Crippen MR) is 108 cm³/mol. The molecule has 0 aliphatic heterocycles. The summed E-state index contributed by atoms with van der Waals surface area (Å²) >= 11 is 0. The SMILES string of the molecule is CCn1nc(C)cc1NC(=O)Cn1ccc2c(Nc3ccc(F)cc3)ncnc21. The Kier molecular flexibility index (Phi) is 4.94. The molecule has 9 heteroatoms. The first-order valence-electron chi connectivity index (χ1n) is 9.20. The minimum atomic E-state index is -0.305. The molecule has 1 amide bonds. The minimum Gasteiger partial charge on any atom is -0.340 e. The van der Waals surface area contributed by atoms with E-state index in [0.29, 0.717) is 29.5 Å². The second-order valence-corrected chi connectivity index (χ2v) is 6.57. The van der Waals surface area contributed by atoms with Crippen LogP contribution in [0.5, 0.6) is 0 Å². The number of aryl methyl sites for hydroxylation is 2. The Labute approximate surface area is 166 Å². The molecule has 4 rings (SSSR count). The molecule has 3 aromatic heterocycles. The number of carbonyl (C=O) groups excluding carboxylic acids is 1. The first-order valence-corrected chi connectivity index (χ1v) is 9.20. The highest BCUT2D eigenvalue weighted by Crippen LogP contribution is 2.24. The van der Waals surface area contributed by atoms with Gasteiger partial charge in [0.1, 0.15) is 36.0 Å². The zero-order valence-corrected chi connectivity index (χ0v) is 16.1. The predicted octanol–water partition coefficient (Wildman–Crippen LogP) is 3.48. The van der Waals surface area contributed by atoms with Crippen molar-refractivity contribution in [3.63, 3.8) is 0 Å². The average Bonchev–Trinajstić information content (AvgIpc) is 3.27. The van der Waals surface area contributed by atoms with E-state index in [-0.39, 0.29) is 18.3 Å². The normalized spacial score (nSPS) is 11.0. The molecule has 1 aromatic carbocycles. The number of nitrogens with one attached hydrogen (secondary N) is 2. The molecule has 0 aliphatic carbocycles. The molecule has 0 bridgehead atoms. The van der Waals surface area contributed by atoms with E-state index in [0.717, 1.165) is 11.1 Å². The number of nitrogens with zero attached hydrogens (tertiary/aromatic N) is 5. The Bertz CT molecular complexity index is 1160. The summed E-state index contributed by atoms with van der Waals surface area (Å²) in [7, 11) is 0. The van der Waals surface area contributed by atoms with E-state index in [2.05, 4.69) is 25.7 Å². The molecule has 148 valence electrons. The van der Waals surface area contributed by atoms with Gasteiger partial charge < -0.3 is 15.2 Å². The highest BCUT2D eigenvalue weighted by atomic mass is 19.1. The number of amides is 1. The molecule has 0 saturated heterocycles. The van der Waals surface area contributed by atoms with Crippen LogP contribution in [0, 0.1) is 12.7 Å². The van der Waals surface area contributed by atoms with Crippen LogP contribution in [-0.4, -0.2) is 30.2 Å². The Hall–Kier alpha value is -3.75. The number of halogens is 1. The highest BCUT2D eigenvalue weighted by Gasteiger charge is 2.13. The Balaban J connectivity index is 1.54. The van der Waals surface area contributed by atoms with Crippen molar-refractivity contribution < 1.29 is 9.18 Å². The minimum absolute atomic E-state index is 0.102. The van der Waals surface area contributed by atoms with Gasteiger partial charge in [0.2, 0.25) is 5.91 Å². The summed E-state index contributed by atoms with van der Waals surface area (Å²) in [4.78, 5) is 21.1. The monoisotopic (exact) mass is 393 g/mol. The molecule has 2 N–H and O–H groups in total. The maximum atomic E-state index is 13.1. The van der Waals surface area contributed by atoms with Crippen molar-refractivity contribution in [2.45, 2.75) is 26.9 Å². The third kappa shape index (κ3) is 3.93. The van der Waals surface area contributed by atoms with Crippen LogP contribution in [0.4, 0.5) is 21.7 Å². The lowest BCUT2D eigenvalue weighted by atomic mass is 10.3. The van der Waals surface area contributed by atoms with E-state index in [9.17, 15) is 9.18 Å². The maximum absolute atomic E-state index is 13.1. The fraction of sp³-hybridized carbons (Fsp3) is 0.200. The van der Waals surface area contributed by atoms with Crippen LogP contribution in [0.2, 0.25) is 0 Å². The summed E-state index contributed by atoms with van der Waals surface area (Å²) in [6.07, 6.45) is 3.22. The van der Waals surface area contributed by atoms with Crippen molar-refractivity contribution in [1.82, 2.24) is 24.3 Å². The van der Waals surface area contributed by atoms with Crippen molar-refractivity contribution in [3.05, 3.63) is 60.4 Å². The van der Waals surface area contributed by atoms with Gasteiger partial charge in [0.25, 0.3) is 0 Å².